The molecule has 1 aliphatic rings. The van der Waals surface area contributed by atoms with Crippen LogP contribution in [0.1, 0.15) is 37.7 Å². The maximum absolute atomic E-state index is 11.6. The molecule has 1 saturated carbocycles. The van der Waals surface area contributed by atoms with Gasteiger partial charge in [-0.25, -0.2) is 0 Å². The number of hydrogen-bond donors (Lipinski definition) is 2. The Kier molecular flexibility index (Phi) is 4.37. The zero-order valence-corrected chi connectivity index (χ0v) is 10.7. The molecule has 1 aliphatic carbocycles. The van der Waals surface area contributed by atoms with Gasteiger partial charge in [0.25, 0.3) is 0 Å². The molecule has 3 nitrogen and oxygen atoms in total. The lowest BCUT2D eigenvalue weighted by atomic mass is 9.80. The Morgan fingerprint density at radius 2 is 2.00 bits per heavy atom. The van der Waals surface area contributed by atoms with Crippen LogP contribution in [0.5, 0.6) is 0 Å². The first-order valence-electron chi connectivity index (χ1n) is 6.71. The van der Waals surface area contributed by atoms with E-state index in [9.17, 15) is 9.90 Å². The molecule has 1 aromatic rings. The lowest BCUT2D eigenvalue weighted by Gasteiger charge is -2.36. The Morgan fingerprint density at radius 1 is 1.28 bits per heavy atom. The number of aryl methyl sites for hydroxylation is 1. The monoisotopic (exact) mass is 247 g/mol. The summed E-state index contributed by atoms with van der Waals surface area (Å²) in [7, 11) is 0. The summed E-state index contributed by atoms with van der Waals surface area (Å²) >= 11 is 0. The van der Waals surface area contributed by atoms with Crippen molar-refractivity contribution in [3.05, 3.63) is 35.9 Å². The van der Waals surface area contributed by atoms with Gasteiger partial charge in [0, 0.05) is 13.0 Å². The summed E-state index contributed by atoms with van der Waals surface area (Å²) in [5.41, 5.74) is 0.651. The summed E-state index contributed by atoms with van der Waals surface area (Å²) in [6.45, 7) is 0.414. The molecule has 1 aromatic carbocycles. The first kappa shape index (κ1) is 13.1. The molecule has 0 radical (unpaired) electrons. The van der Waals surface area contributed by atoms with Crippen molar-refractivity contribution in [1.29, 1.82) is 0 Å². The zero-order chi connectivity index (χ0) is 12.8. The molecule has 0 spiro atoms. The molecular formula is C15H21NO2. The SMILES string of the molecule is O=C(CCCc1ccccc1)NCC1(O)CCC1. The average Bonchev–Trinajstić information content (AvgIpc) is 2.35. The number of benzene rings is 1. The minimum absolute atomic E-state index is 0.0475. The largest absolute Gasteiger partial charge is 0.388 e. The van der Waals surface area contributed by atoms with E-state index >= 15 is 0 Å². The van der Waals surface area contributed by atoms with E-state index in [0.717, 1.165) is 32.1 Å². The van der Waals surface area contributed by atoms with Crippen molar-refractivity contribution in [2.45, 2.75) is 44.1 Å². The number of amides is 1. The molecule has 18 heavy (non-hydrogen) atoms. The minimum atomic E-state index is -0.616. The van der Waals surface area contributed by atoms with Gasteiger partial charge in [-0.1, -0.05) is 30.3 Å². The molecule has 0 aromatic heterocycles. The van der Waals surface area contributed by atoms with Crippen LogP contribution in [0.25, 0.3) is 0 Å². The molecule has 2 N–H and O–H groups in total. The molecule has 0 saturated heterocycles. The number of carbonyl (C=O) groups excluding carboxylic acids is 1. The fourth-order valence-corrected chi connectivity index (χ4v) is 2.21. The summed E-state index contributed by atoms with van der Waals surface area (Å²) in [6.07, 6.45) is 5.02. The summed E-state index contributed by atoms with van der Waals surface area (Å²) in [5, 5.41) is 12.7. The Labute approximate surface area is 108 Å². The fourth-order valence-electron chi connectivity index (χ4n) is 2.21. The van der Waals surface area contributed by atoms with Crippen LogP contribution in [0.2, 0.25) is 0 Å². The highest BCUT2D eigenvalue weighted by Gasteiger charge is 2.34. The van der Waals surface area contributed by atoms with Crippen LogP contribution in [0.4, 0.5) is 0 Å². The summed E-state index contributed by atoms with van der Waals surface area (Å²) < 4.78 is 0. The highest BCUT2D eigenvalue weighted by molar-refractivity contribution is 5.75. The molecule has 1 fully saturated rings. The van der Waals surface area contributed by atoms with Crippen molar-refractivity contribution in [2.75, 3.05) is 6.54 Å². The van der Waals surface area contributed by atoms with Gasteiger partial charge in [0.15, 0.2) is 0 Å². The predicted octanol–water partition coefficient (Wildman–Crippen LogP) is 2.04. The first-order chi connectivity index (χ1) is 8.68. The summed E-state index contributed by atoms with van der Waals surface area (Å²) in [5.74, 6) is 0.0475. The molecular weight excluding hydrogens is 226 g/mol. The van der Waals surface area contributed by atoms with Crippen LogP contribution in [-0.4, -0.2) is 23.2 Å². The standard InChI is InChI=1S/C15H21NO2/c17-14(16-12-15(18)10-5-11-15)9-4-8-13-6-2-1-3-7-13/h1-3,6-7,18H,4-5,8-12H2,(H,16,17). The number of hydrogen-bond acceptors (Lipinski definition) is 2. The van der Waals surface area contributed by atoms with E-state index in [1.807, 2.05) is 18.2 Å². The van der Waals surface area contributed by atoms with Gasteiger partial charge in [-0.2, -0.15) is 0 Å². The lowest BCUT2D eigenvalue weighted by molar-refractivity contribution is -0.123. The summed E-state index contributed by atoms with van der Waals surface area (Å²) in [6, 6.07) is 10.2. The van der Waals surface area contributed by atoms with Gasteiger partial charge in [-0.3, -0.25) is 4.79 Å². The van der Waals surface area contributed by atoms with Gasteiger partial charge in [-0.05, 0) is 37.7 Å². The Balaban J connectivity index is 1.60. The van der Waals surface area contributed by atoms with Crippen molar-refractivity contribution < 1.29 is 9.90 Å². The van der Waals surface area contributed by atoms with E-state index < -0.39 is 5.60 Å². The number of rotatable bonds is 6. The van der Waals surface area contributed by atoms with Gasteiger partial charge in [0.1, 0.15) is 0 Å². The van der Waals surface area contributed by atoms with Crippen LogP contribution < -0.4 is 5.32 Å². The molecule has 1 amide bonds. The third-order valence-corrected chi connectivity index (χ3v) is 3.61. The molecule has 0 unspecified atom stereocenters. The lowest BCUT2D eigenvalue weighted by Crippen LogP contribution is -2.47. The van der Waals surface area contributed by atoms with Gasteiger partial charge < -0.3 is 10.4 Å². The second-order valence-corrected chi connectivity index (χ2v) is 5.19. The predicted molar refractivity (Wildman–Crippen MR) is 71.2 cm³/mol. The molecule has 3 heteroatoms. The van der Waals surface area contributed by atoms with Crippen molar-refractivity contribution >= 4 is 5.91 Å². The Morgan fingerprint density at radius 3 is 2.61 bits per heavy atom. The highest BCUT2D eigenvalue weighted by atomic mass is 16.3. The second kappa shape index (κ2) is 6.01. The van der Waals surface area contributed by atoms with Crippen molar-refractivity contribution in [1.82, 2.24) is 5.32 Å². The quantitative estimate of drug-likeness (QED) is 0.808. The molecule has 0 atom stereocenters. The van der Waals surface area contributed by atoms with Gasteiger partial charge >= 0.3 is 0 Å². The van der Waals surface area contributed by atoms with E-state index in [1.165, 1.54) is 5.56 Å². The van der Waals surface area contributed by atoms with Gasteiger partial charge in [0.05, 0.1) is 5.60 Å². The Hall–Kier alpha value is -1.35. The van der Waals surface area contributed by atoms with Crippen molar-refractivity contribution in [3.63, 3.8) is 0 Å². The van der Waals surface area contributed by atoms with Crippen LogP contribution >= 0.6 is 0 Å². The van der Waals surface area contributed by atoms with E-state index in [0.29, 0.717) is 13.0 Å². The maximum atomic E-state index is 11.6. The van der Waals surface area contributed by atoms with Crippen LogP contribution in [-0.2, 0) is 11.2 Å². The van der Waals surface area contributed by atoms with Crippen molar-refractivity contribution in [3.8, 4) is 0 Å². The number of carbonyl (C=O) groups is 1. The smallest absolute Gasteiger partial charge is 0.220 e. The normalized spacial score (nSPS) is 16.9. The number of aliphatic hydroxyl groups is 1. The van der Waals surface area contributed by atoms with Crippen LogP contribution in [0.15, 0.2) is 30.3 Å². The van der Waals surface area contributed by atoms with E-state index in [-0.39, 0.29) is 5.91 Å². The second-order valence-electron chi connectivity index (χ2n) is 5.19. The van der Waals surface area contributed by atoms with Crippen LogP contribution in [0, 0.1) is 0 Å². The highest BCUT2D eigenvalue weighted by Crippen LogP contribution is 2.30. The third-order valence-electron chi connectivity index (χ3n) is 3.61. The minimum Gasteiger partial charge on any atom is -0.388 e. The van der Waals surface area contributed by atoms with E-state index in [4.69, 9.17) is 0 Å². The van der Waals surface area contributed by atoms with E-state index in [1.54, 1.807) is 0 Å². The zero-order valence-electron chi connectivity index (χ0n) is 10.7. The summed E-state index contributed by atoms with van der Waals surface area (Å²) in [4.78, 5) is 11.6. The fraction of sp³-hybridized carbons (Fsp3) is 0.533. The van der Waals surface area contributed by atoms with Crippen molar-refractivity contribution in [2.24, 2.45) is 0 Å². The molecule has 98 valence electrons. The van der Waals surface area contributed by atoms with Gasteiger partial charge in [0.2, 0.25) is 5.91 Å². The van der Waals surface area contributed by atoms with E-state index in [2.05, 4.69) is 17.4 Å². The Bertz CT molecular complexity index is 385. The first-order valence-corrected chi connectivity index (χ1v) is 6.71. The molecule has 0 aliphatic heterocycles. The molecule has 2 rings (SSSR count). The average molecular weight is 247 g/mol. The third kappa shape index (κ3) is 3.84. The topological polar surface area (TPSA) is 49.3 Å². The number of nitrogens with one attached hydrogen (secondary N) is 1. The molecule has 0 heterocycles. The molecule has 0 bridgehead atoms. The maximum Gasteiger partial charge on any atom is 0.220 e. The van der Waals surface area contributed by atoms with Gasteiger partial charge in [-0.15, -0.1) is 0 Å². The van der Waals surface area contributed by atoms with Crippen LogP contribution in [0.3, 0.4) is 0 Å².